The van der Waals surface area contributed by atoms with Gasteiger partial charge in [-0.3, -0.25) is 0 Å². The fourth-order valence-electron chi connectivity index (χ4n) is 5.64. The maximum atomic E-state index is 10.0. The smallest absolute Gasteiger partial charge is 0.101 e. The molecule has 0 heterocycles. The molecule has 3 heteroatoms. The molecule has 0 bridgehead atoms. The van der Waals surface area contributed by atoms with Gasteiger partial charge in [-0.1, -0.05) is 194 Å². The van der Waals surface area contributed by atoms with Crippen molar-refractivity contribution in [3.63, 3.8) is 0 Å². The zero-order chi connectivity index (χ0) is 29.0. The van der Waals surface area contributed by atoms with Crippen molar-refractivity contribution in [1.82, 2.24) is 0 Å². The number of unbranched alkanes of at least 4 members (excludes halogenated alkanes) is 28. The van der Waals surface area contributed by atoms with Crippen molar-refractivity contribution in [3.8, 4) is 0 Å². The Hall–Kier alpha value is -0.120. The van der Waals surface area contributed by atoms with Crippen LogP contribution < -0.4 is 0 Å². The molecule has 0 aromatic heterocycles. The van der Waals surface area contributed by atoms with Gasteiger partial charge < -0.3 is 14.6 Å². The molecule has 1 unspecified atom stereocenters. The van der Waals surface area contributed by atoms with E-state index in [1.54, 1.807) is 0 Å². The minimum absolute atomic E-state index is 0.413. The molecule has 0 aliphatic carbocycles. The maximum Gasteiger partial charge on any atom is 0.101 e. The van der Waals surface area contributed by atoms with Crippen LogP contribution in [0.3, 0.4) is 0 Å². The number of hydrogen-bond acceptors (Lipinski definition) is 3. The molecule has 0 radical (unpaired) electrons. The van der Waals surface area contributed by atoms with Crippen LogP contribution in [0.15, 0.2) is 0 Å². The summed E-state index contributed by atoms with van der Waals surface area (Å²) in [5.41, 5.74) is 0. The first-order chi connectivity index (χ1) is 19.8. The molecule has 0 aromatic rings. The molecule has 0 fully saturated rings. The largest absolute Gasteiger partial charge is 0.388 e. The van der Waals surface area contributed by atoms with E-state index in [1.165, 1.54) is 180 Å². The Morgan fingerprint density at radius 2 is 0.525 bits per heavy atom. The van der Waals surface area contributed by atoms with Crippen LogP contribution in [0.4, 0.5) is 0 Å². The SMILES string of the molecule is CCCCCCCCCCCCCCCCCCCCCCOCC(O)COCCCCCCCCCCCC. The van der Waals surface area contributed by atoms with Gasteiger partial charge in [-0.05, 0) is 12.8 Å². The van der Waals surface area contributed by atoms with Gasteiger partial charge in [-0.15, -0.1) is 0 Å². The Labute approximate surface area is 253 Å². The van der Waals surface area contributed by atoms with E-state index in [0.29, 0.717) is 13.2 Å². The van der Waals surface area contributed by atoms with Gasteiger partial charge in [-0.2, -0.15) is 0 Å². The fraction of sp³-hybridized carbons (Fsp3) is 1.00. The molecule has 40 heavy (non-hydrogen) atoms. The molecule has 0 saturated carbocycles. The number of aliphatic hydroxyl groups excluding tert-OH is 1. The summed E-state index contributed by atoms with van der Waals surface area (Å²) in [6.07, 6.45) is 41.1. The summed E-state index contributed by atoms with van der Waals surface area (Å²) < 4.78 is 11.3. The Morgan fingerprint density at radius 3 is 0.750 bits per heavy atom. The molecular formula is C37H76O3. The van der Waals surface area contributed by atoms with Crippen LogP contribution in [0.5, 0.6) is 0 Å². The highest BCUT2D eigenvalue weighted by atomic mass is 16.5. The molecule has 0 spiro atoms. The van der Waals surface area contributed by atoms with E-state index in [2.05, 4.69) is 13.8 Å². The van der Waals surface area contributed by atoms with Crippen molar-refractivity contribution in [2.24, 2.45) is 0 Å². The van der Waals surface area contributed by atoms with Gasteiger partial charge >= 0.3 is 0 Å². The van der Waals surface area contributed by atoms with E-state index in [-0.39, 0.29) is 0 Å². The second kappa shape index (κ2) is 36.9. The number of aliphatic hydroxyl groups is 1. The topological polar surface area (TPSA) is 38.7 Å². The van der Waals surface area contributed by atoms with E-state index in [4.69, 9.17) is 9.47 Å². The third-order valence-corrected chi connectivity index (χ3v) is 8.40. The standard InChI is InChI=1S/C37H76O3/c1-3-5-7-9-11-13-15-16-17-18-19-20-21-22-23-24-26-28-30-32-34-40-36-37(38)35-39-33-31-29-27-25-14-12-10-8-6-4-2/h37-38H,3-36H2,1-2H3. The molecule has 1 N–H and O–H groups in total. The van der Waals surface area contributed by atoms with Crippen LogP contribution in [0, 0.1) is 0 Å². The van der Waals surface area contributed by atoms with Crippen LogP contribution in [0.1, 0.15) is 206 Å². The maximum absolute atomic E-state index is 10.0. The summed E-state index contributed by atoms with van der Waals surface area (Å²) in [4.78, 5) is 0. The molecule has 1 atom stereocenters. The summed E-state index contributed by atoms with van der Waals surface area (Å²) in [6.45, 7) is 6.94. The third-order valence-electron chi connectivity index (χ3n) is 8.40. The molecule has 0 rings (SSSR count). The van der Waals surface area contributed by atoms with Crippen molar-refractivity contribution in [1.29, 1.82) is 0 Å². The van der Waals surface area contributed by atoms with Crippen LogP contribution in [0.25, 0.3) is 0 Å². The molecule has 3 nitrogen and oxygen atoms in total. The van der Waals surface area contributed by atoms with Gasteiger partial charge in [0.25, 0.3) is 0 Å². The van der Waals surface area contributed by atoms with Gasteiger partial charge in [0.15, 0.2) is 0 Å². The first-order valence-electron chi connectivity index (χ1n) is 18.6. The lowest BCUT2D eigenvalue weighted by molar-refractivity contribution is -0.0201. The van der Waals surface area contributed by atoms with Gasteiger partial charge in [0.05, 0.1) is 13.2 Å². The summed E-state index contributed by atoms with van der Waals surface area (Å²) in [5, 5.41) is 10.0. The van der Waals surface area contributed by atoms with Gasteiger partial charge in [-0.25, -0.2) is 0 Å². The predicted molar refractivity (Wildman–Crippen MR) is 178 cm³/mol. The minimum Gasteiger partial charge on any atom is -0.388 e. The Balaban J connectivity index is 3.12. The van der Waals surface area contributed by atoms with Crippen LogP contribution in [-0.4, -0.2) is 37.6 Å². The van der Waals surface area contributed by atoms with E-state index in [9.17, 15) is 5.11 Å². The monoisotopic (exact) mass is 569 g/mol. The Bertz CT molecular complexity index is 428. The van der Waals surface area contributed by atoms with Gasteiger partial charge in [0.1, 0.15) is 6.10 Å². The van der Waals surface area contributed by atoms with Gasteiger partial charge in [0, 0.05) is 13.2 Å². The molecule has 0 aromatic carbocycles. The number of hydrogen-bond donors (Lipinski definition) is 1. The lowest BCUT2D eigenvalue weighted by atomic mass is 10.0. The van der Waals surface area contributed by atoms with E-state index in [1.807, 2.05) is 0 Å². The molecule has 0 saturated heterocycles. The summed E-state index contributed by atoms with van der Waals surface area (Å²) >= 11 is 0. The highest BCUT2D eigenvalue weighted by Crippen LogP contribution is 2.15. The third kappa shape index (κ3) is 35.9. The number of rotatable bonds is 36. The second-order valence-electron chi connectivity index (χ2n) is 12.7. The van der Waals surface area contributed by atoms with Crippen molar-refractivity contribution in [2.75, 3.05) is 26.4 Å². The molecule has 0 aliphatic heterocycles. The van der Waals surface area contributed by atoms with Crippen LogP contribution in [0.2, 0.25) is 0 Å². The minimum atomic E-state index is -0.478. The first-order valence-corrected chi connectivity index (χ1v) is 18.6. The predicted octanol–water partition coefficient (Wildman–Crippen LogP) is 12.1. The lowest BCUT2D eigenvalue weighted by Gasteiger charge is -2.12. The van der Waals surface area contributed by atoms with E-state index in [0.717, 1.165) is 26.1 Å². The van der Waals surface area contributed by atoms with Crippen LogP contribution >= 0.6 is 0 Å². The first kappa shape index (κ1) is 39.9. The lowest BCUT2D eigenvalue weighted by Crippen LogP contribution is -2.22. The second-order valence-corrected chi connectivity index (χ2v) is 12.7. The highest BCUT2D eigenvalue weighted by Gasteiger charge is 2.04. The average molecular weight is 569 g/mol. The molecular weight excluding hydrogens is 492 g/mol. The quantitative estimate of drug-likeness (QED) is 0.0764. The van der Waals surface area contributed by atoms with E-state index < -0.39 is 6.10 Å². The summed E-state index contributed by atoms with van der Waals surface area (Å²) in [6, 6.07) is 0. The van der Waals surface area contributed by atoms with Crippen molar-refractivity contribution in [2.45, 2.75) is 213 Å². The normalized spacial score (nSPS) is 12.4. The number of ether oxygens (including phenoxy) is 2. The molecule has 0 amide bonds. The van der Waals surface area contributed by atoms with Crippen molar-refractivity contribution < 1.29 is 14.6 Å². The zero-order valence-electron chi connectivity index (χ0n) is 27.9. The summed E-state index contributed by atoms with van der Waals surface area (Å²) in [7, 11) is 0. The zero-order valence-corrected chi connectivity index (χ0v) is 27.9. The Morgan fingerprint density at radius 1 is 0.325 bits per heavy atom. The van der Waals surface area contributed by atoms with Crippen molar-refractivity contribution in [3.05, 3.63) is 0 Å². The highest BCUT2D eigenvalue weighted by molar-refractivity contribution is 4.54. The van der Waals surface area contributed by atoms with Crippen LogP contribution in [-0.2, 0) is 9.47 Å². The molecule has 242 valence electrons. The Kier molecular flexibility index (Phi) is 36.8. The molecule has 0 aliphatic rings. The van der Waals surface area contributed by atoms with Crippen molar-refractivity contribution >= 4 is 0 Å². The summed E-state index contributed by atoms with van der Waals surface area (Å²) in [5.74, 6) is 0. The fourth-order valence-corrected chi connectivity index (χ4v) is 5.64. The van der Waals surface area contributed by atoms with Gasteiger partial charge in [0.2, 0.25) is 0 Å². The average Bonchev–Trinajstić information content (AvgIpc) is 2.96. The van der Waals surface area contributed by atoms with E-state index >= 15 is 0 Å².